The number of pyridine rings is 1. The molecule has 2 heterocycles. The first kappa shape index (κ1) is 24.1. The first-order chi connectivity index (χ1) is 12.7. The number of aliphatic imine (C=N–C) groups is 1. The highest BCUT2D eigenvalue weighted by Gasteiger charge is 2.26. The predicted molar refractivity (Wildman–Crippen MR) is 123 cm³/mol. The molecule has 0 aromatic carbocycles. The molecule has 1 aliphatic rings. The lowest BCUT2D eigenvalue weighted by molar-refractivity contribution is 0.00272. The molecule has 1 aromatic heterocycles. The van der Waals surface area contributed by atoms with Gasteiger partial charge in [-0.3, -0.25) is 14.9 Å². The van der Waals surface area contributed by atoms with Crippen LogP contribution < -0.4 is 10.6 Å². The number of rotatable bonds is 8. The Morgan fingerprint density at radius 2 is 1.96 bits per heavy atom. The fourth-order valence-electron chi connectivity index (χ4n) is 3.63. The van der Waals surface area contributed by atoms with E-state index in [0.717, 1.165) is 44.5 Å². The summed E-state index contributed by atoms with van der Waals surface area (Å²) in [5, 5.41) is 6.93. The van der Waals surface area contributed by atoms with E-state index in [1.807, 2.05) is 19.3 Å². The molecule has 1 atom stereocenters. The highest BCUT2D eigenvalue weighted by Crippen LogP contribution is 2.19. The fraction of sp³-hybridized carbons (Fsp3) is 0.700. The van der Waals surface area contributed by atoms with Crippen molar-refractivity contribution in [3.05, 3.63) is 29.6 Å². The first-order valence-corrected chi connectivity index (χ1v) is 9.86. The van der Waals surface area contributed by atoms with Crippen LogP contribution in [0.5, 0.6) is 0 Å². The van der Waals surface area contributed by atoms with Crippen molar-refractivity contribution >= 4 is 29.9 Å². The molecule has 1 fully saturated rings. The van der Waals surface area contributed by atoms with Crippen molar-refractivity contribution < 1.29 is 4.74 Å². The van der Waals surface area contributed by atoms with Gasteiger partial charge in [-0.05, 0) is 24.5 Å². The molecule has 7 heteroatoms. The number of halogens is 1. The SMILES string of the molecule is CCC(CC)C(CNC(=NC)NCc1ncccc1C)N1CCOCC1.I. The van der Waals surface area contributed by atoms with Gasteiger partial charge in [-0.1, -0.05) is 32.8 Å². The molecule has 0 bridgehead atoms. The number of hydrogen-bond donors (Lipinski definition) is 2. The third-order valence-corrected chi connectivity index (χ3v) is 5.35. The first-order valence-electron chi connectivity index (χ1n) is 9.86. The summed E-state index contributed by atoms with van der Waals surface area (Å²) in [4.78, 5) is 11.4. The van der Waals surface area contributed by atoms with E-state index in [1.165, 1.54) is 18.4 Å². The zero-order chi connectivity index (χ0) is 18.8. The molecule has 1 aromatic rings. The van der Waals surface area contributed by atoms with E-state index in [9.17, 15) is 0 Å². The van der Waals surface area contributed by atoms with Crippen molar-refractivity contribution in [1.82, 2.24) is 20.5 Å². The number of aromatic nitrogens is 1. The maximum Gasteiger partial charge on any atom is 0.191 e. The quantitative estimate of drug-likeness (QED) is 0.334. The molecule has 0 amide bonds. The summed E-state index contributed by atoms with van der Waals surface area (Å²) in [5.41, 5.74) is 2.25. The van der Waals surface area contributed by atoms with E-state index in [1.54, 1.807) is 0 Å². The molecule has 27 heavy (non-hydrogen) atoms. The second-order valence-corrected chi connectivity index (χ2v) is 6.87. The minimum absolute atomic E-state index is 0. The lowest BCUT2D eigenvalue weighted by atomic mass is 9.92. The van der Waals surface area contributed by atoms with Crippen molar-refractivity contribution in [3.8, 4) is 0 Å². The Kier molecular flexibility index (Phi) is 11.9. The maximum absolute atomic E-state index is 5.54. The second kappa shape index (κ2) is 13.3. The van der Waals surface area contributed by atoms with Gasteiger partial charge in [0.15, 0.2) is 5.96 Å². The molecule has 154 valence electrons. The van der Waals surface area contributed by atoms with Crippen LogP contribution in [-0.4, -0.2) is 61.8 Å². The predicted octanol–water partition coefficient (Wildman–Crippen LogP) is 2.81. The molecule has 2 rings (SSSR count). The Balaban J connectivity index is 0.00000364. The van der Waals surface area contributed by atoms with Crippen LogP contribution in [-0.2, 0) is 11.3 Å². The Morgan fingerprint density at radius 3 is 2.56 bits per heavy atom. The summed E-state index contributed by atoms with van der Waals surface area (Å²) in [6.45, 7) is 11.9. The van der Waals surface area contributed by atoms with E-state index < -0.39 is 0 Å². The molecule has 0 radical (unpaired) electrons. The molecule has 0 spiro atoms. The van der Waals surface area contributed by atoms with Crippen LogP contribution in [0.25, 0.3) is 0 Å². The summed E-state index contributed by atoms with van der Waals surface area (Å²) in [6, 6.07) is 4.56. The minimum Gasteiger partial charge on any atom is -0.379 e. The minimum atomic E-state index is 0. The van der Waals surface area contributed by atoms with E-state index in [4.69, 9.17) is 4.74 Å². The third-order valence-electron chi connectivity index (χ3n) is 5.35. The summed E-state index contributed by atoms with van der Waals surface area (Å²) in [7, 11) is 1.82. The Labute approximate surface area is 181 Å². The van der Waals surface area contributed by atoms with E-state index >= 15 is 0 Å². The van der Waals surface area contributed by atoms with Gasteiger partial charge in [0.25, 0.3) is 0 Å². The topological polar surface area (TPSA) is 61.8 Å². The number of ether oxygens (including phenoxy) is 1. The zero-order valence-corrected chi connectivity index (χ0v) is 19.5. The van der Waals surface area contributed by atoms with Crippen LogP contribution in [0.2, 0.25) is 0 Å². The third kappa shape index (κ3) is 7.54. The monoisotopic (exact) mass is 489 g/mol. The molecule has 1 aliphatic heterocycles. The average Bonchev–Trinajstić information content (AvgIpc) is 2.69. The van der Waals surface area contributed by atoms with Crippen LogP contribution >= 0.6 is 24.0 Å². The molecule has 6 nitrogen and oxygen atoms in total. The van der Waals surface area contributed by atoms with Crippen molar-refractivity contribution in [2.75, 3.05) is 39.9 Å². The van der Waals surface area contributed by atoms with Gasteiger partial charge in [-0.25, -0.2) is 0 Å². The Morgan fingerprint density at radius 1 is 1.26 bits per heavy atom. The van der Waals surface area contributed by atoms with Gasteiger partial charge in [-0.2, -0.15) is 0 Å². The summed E-state index contributed by atoms with van der Waals surface area (Å²) < 4.78 is 5.54. The number of hydrogen-bond acceptors (Lipinski definition) is 4. The van der Waals surface area contributed by atoms with Gasteiger partial charge < -0.3 is 15.4 Å². The van der Waals surface area contributed by atoms with Crippen molar-refractivity contribution in [2.45, 2.75) is 46.2 Å². The summed E-state index contributed by atoms with van der Waals surface area (Å²) in [6.07, 6.45) is 4.22. The molecule has 2 N–H and O–H groups in total. The molecule has 1 saturated heterocycles. The number of nitrogens with one attached hydrogen (secondary N) is 2. The van der Waals surface area contributed by atoms with E-state index in [-0.39, 0.29) is 24.0 Å². The van der Waals surface area contributed by atoms with Crippen LogP contribution in [0.1, 0.15) is 37.9 Å². The van der Waals surface area contributed by atoms with E-state index in [2.05, 4.69) is 52.3 Å². The highest BCUT2D eigenvalue weighted by molar-refractivity contribution is 14.0. The standard InChI is InChI=1S/C20H35N5O.HI/c1-5-17(6-2)19(25-10-12-26-13-11-25)15-24-20(21-4)23-14-18-16(3)8-7-9-22-18;/h7-9,17,19H,5-6,10-15H2,1-4H3,(H2,21,23,24);1H. The highest BCUT2D eigenvalue weighted by atomic mass is 127. The largest absolute Gasteiger partial charge is 0.379 e. The van der Waals surface area contributed by atoms with E-state index in [0.29, 0.717) is 18.5 Å². The Hall–Kier alpha value is -0.930. The van der Waals surface area contributed by atoms with Gasteiger partial charge in [0.1, 0.15) is 0 Å². The van der Waals surface area contributed by atoms with Crippen molar-refractivity contribution in [3.63, 3.8) is 0 Å². The van der Waals surface area contributed by atoms with Crippen molar-refractivity contribution in [1.29, 1.82) is 0 Å². The zero-order valence-electron chi connectivity index (χ0n) is 17.2. The Bertz CT molecular complexity index is 559. The summed E-state index contributed by atoms with van der Waals surface area (Å²) >= 11 is 0. The smallest absolute Gasteiger partial charge is 0.191 e. The number of aryl methyl sites for hydroxylation is 1. The van der Waals surface area contributed by atoms with Gasteiger partial charge in [-0.15, -0.1) is 24.0 Å². The molecular weight excluding hydrogens is 453 g/mol. The number of morpholine rings is 1. The average molecular weight is 489 g/mol. The van der Waals surface area contributed by atoms with Crippen LogP contribution in [0.15, 0.2) is 23.3 Å². The lowest BCUT2D eigenvalue weighted by Gasteiger charge is -2.39. The number of guanidine groups is 1. The normalized spacial score (nSPS) is 16.7. The van der Waals surface area contributed by atoms with Crippen LogP contribution in [0.3, 0.4) is 0 Å². The second-order valence-electron chi connectivity index (χ2n) is 6.87. The maximum atomic E-state index is 5.54. The fourth-order valence-corrected chi connectivity index (χ4v) is 3.63. The van der Waals surface area contributed by atoms with Crippen LogP contribution in [0, 0.1) is 12.8 Å². The molecule has 0 aliphatic carbocycles. The lowest BCUT2D eigenvalue weighted by Crippen LogP contribution is -2.53. The number of nitrogens with zero attached hydrogens (tertiary/aromatic N) is 3. The molecule has 0 saturated carbocycles. The van der Waals surface area contributed by atoms with Crippen LogP contribution in [0.4, 0.5) is 0 Å². The van der Waals surface area contributed by atoms with Gasteiger partial charge in [0, 0.05) is 38.9 Å². The molecule has 1 unspecified atom stereocenters. The van der Waals surface area contributed by atoms with Gasteiger partial charge in [0.2, 0.25) is 0 Å². The molecular formula is C20H36IN5O. The summed E-state index contributed by atoms with van der Waals surface area (Å²) in [5.74, 6) is 1.51. The van der Waals surface area contributed by atoms with Gasteiger partial charge in [0.05, 0.1) is 25.5 Å². The van der Waals surface area contributed by atoms with Gasteiger partial charge >= 0.3 is 0 Å². The van der Waals surface area contributed by atoms with Crippen molar-refractivity contribution in [2.24, 2.45) is 10.9 Å².